The van der Waals surface area contributed by atoms with Crippen LogP contribution in [-0.4, -0.2) is 15.7 Å². The molecule has 1 aliphatic rings. The van der Waals surface area contributed by atoms with Crippen LogP contribution >= 0.6 is 0 Å². The van der Waals surface area contributed by atoms with E-state index >= 15 is 0 Å². The summed E-state index contributed by atoms with van der Waals surface area (Å²) >= 11 is 0. The number of fused-ring (bicyclic) bond motifs is 1. The van der Waals surface area contributed by atoms with E-state index in [1.807, 2.05) is 37.3 Å². The topological polar surface area (TPSA) is 64.0 Å². The fraction of sp³-hybridized carbons (Fsp3) is 0.389. The molecular formula is C18H21N3O2. The SMILES string of the molecule is C[C@H](NC(=O)Cn1nc2c(cc1=O)CCCC2)c1ccccc1. The van der Waals surface area contributed by atoms with Crippen molar-refractivity contribution in [3.8, 4) is 0 Å². The highest BCUT2D eigenvalue weighted by Gasteiger charge is 2.15. The molecule has 2 aromatic rings. The monoisotopic (exact) mass is 311 g/mol. The molecule has 1 aromatic heterocycles. The Balaban J connectivity index is 1.69. The van der Waals surface area contributed by atoms with Gasteiger partial charge in [-0.05, 0) is 43.7 Å². The Morgan fingerprint density at radius 2 is 2.00 bits per heavy atom. The standard InChI is InChI=1S/C18H21N3O2/c1-13(14-7-3-2-4-8-14)19-17(22)12-21-18(23)11-15-9-5-6-10-16(15)20-21/h2-4,7-8,11,13H,5-6,9-10,12H2,1H3,(H,19,22)/t13-/m0/s1. The second-order valence-electron chi connectivity index (χ2n) is 6.02. The fourth-order valence-electron chi connectivity index (χ4n) is 2.96. The molecule has 120 valence electrons. The third kappa shape index (κ3) is 3.67. The van der Waals surface area contributed by atoms with Crippen molar-refractivity contribution in [3.63, 3.8) is 0 Å². The number of benzene rings is 1. The summed E-state index contributed by atoms with van der Waals surface area (Å²) in [4.78, 5) is 24.3. The van der Waals surface area contributed by atoms with E-state index in [9.17, 15) is 9.59 Å². The van der Waals surface area contributed by atoms with Crippen LogP contribution in [0.5, 0.6) is 0 Å². The summed E-state index contributed by atoms with van der Waals surface area (Å²) in [5, 5.41) is 7.29. The third-order valence-corrected chi connectivity index (χ3v) is 4.24. The Hall–Kier alpha value is -2.43. The Labute approximate surface area is 135 Å². The molecule has 0 spiro atoms. The van der Waals surface area contributed by atoms with Gasteiger partial charge in [0.1, 0.15) is 6.54 Å². The van der Waals surface area contributed by atoms with Crippen LogP contribution in [0.25, 0.3) is 0 Å². The molecule has 0 aliphatic heterocycles. The largest absolute Gasteiger partial charge is 0.348 e. The van der Waals surface area contributed by atoms with Crippen LogP contribution in [0.4, 0.5) is 0 Å². The number of nitrogens with one attached hydrogen (secondary N) is 1. The molecule has 1 atom stereocenters. The molecule has 0 saturated carbocycles. The van der Waals surface area contributed by atoms with Gasteiger partial charge in [0.15, 0.2) is 0 Å². The summed E-state index contributed by atoms with van der Waals surface area (Å²) in [6.07, 6.45) is 4.00. The van der Waals surface area contributed by atoms with Gasteiger partial charge < -0.3 is 5.32 Å². The molecule has 1 aromatic carbocycles. The molecule has 0 fully saturated rings. The van der Waals surface area contributed by atoms with Gasteiger partial charge in [0.05, 0.1) is 11.7 Å². The molecule has 1 aliphatic carbocycles. The highest BCUT2D eigenvalue weighted by molar-refractivity contribution is 5.76. The van der Waals surface area contributed by atoms with E-state index in [1.165, 1.54) is 4.68 Å². The fourth-order valence-corrected chi connectivity index (χ4v) is 2.96. The van der Waals surface area contributed by atoms with Gasteiger partial charge >= 0.3 is 0 Å². The lowest BCUT2D eigenvalue weighted by molar-refractivity contribution is -0.122. The minimum absolute atomic E-state index is 0.0384. The molecule has 23 heavy (non-hydrogen) atoms. The summed E-state index contributed by atoms with van der Waals surface area (Å²) in [6.45, 7) is 1.89. The van der Waals surface area contributed by atoms with E-state index in [2.05, 4.69) is 10.4 Å². The van der Waals surface area contributed by atoms with Gasteiger partial charge in [0.2, 0.25) is 5.91 Å². The maximum absolute atomic E-state index is 12.2. The lowest BCUT2D eigenvalue weighted by Crippen LogP contribution is -2.35. The van der Waals surface area contributed by atoms with Gasteiger partial charge in [0, 0.05) is 6.07 Å². The number of carbonyl (C=O) groups is 1. The van der Waals surface area contributed by atoms with E-state index < -0.39 is 0 Å². The zero-order chi connectivity index (χ0) is 16.2. The zero-order valence-electron chi connectivity index (χ0n) is 13.3. The van der Waals surface area contributed by atoms with Crippen molar-refractivity contribution < 1.29 is 4.79 Å². The summed E-state index contributed by atoms with van der Waals surface area (Å²) < 4.78 is 1.27. The first-order chi connectivity index (χ1) is 11.1. The number of amides is 1. The number of nitrogens with zero attached hydrogens (tertiary/aromatic N) is 2. The normalized spacial score (nSPS) is 14.8. The van der Waals surface area contributed by atoms with Crippen LogP contribution in [0.3, 0.4) is 0 Å². The molecule has 5 heteroatoms. The van der Waals surface area contributed by atoms with Crippen molar-refractivity contribution in [3.05, 3.63) is 63.6 Å². The number of aryl methyl sites for hydroxylation is 2. The summed E-state index contributed by atoms with van der Waals surface area (Å²) in [6, 6.07) is 11.3. The molecular weight excluding hydrogens is 290 g/mol. The van der Waals surface area contributed by atoms with E-state index in [0.717, 1.165) is 42.5 Å². The third-order valence-electron chi connectivity index (χ3n) is 4.24. The average molecular weight is 311 g/mol. The second kappa shape index (κ2) is 6.77. The van der Waals surface area contributed by atoms with Crippen molar-refractivity contribution in [2.75, 3.05) is 0 Å². The van der Waals surface area contributed by atoms with Gasteiger partial charge in [-0.3, -0.25) is 9.59 Å². The Bertz CT molecular complexity index is 753. The van der Waals surface area contributed by atoms with Crippen LogP contribution in [0, 0.1) is 0 Å². The smallest absolute Gasteiger partial charge is 0.267 e. The second-order valence-corrected chi connectivity index (χ2v) is 6.02. The van der Waals surface area contributed by atoms with Crippen molar-refractivity contribution in [1.82, 2.24) is 15.1 Å². The van der Waals surface area contributed by atoms with Crippen LogP contribution < -0.4 is 10.9 Å². The Kier molecular flexibility index (Phi) is 4.55. The molecule has 0 radical (unpaired) electrons. The number of aromatic nitrogens is 2. The van der Waals surface area contributed by atoms with E-state index in [1.54, 1.807) is 6.07 Å². The predicted molar refractivity (Wildman–Crippen MR) is 88.1 cm³/mol. The molecule has 0 unspecified atom stereocenters. The van der Waals surface area contributed by atoms with Gasteiger partial charge in [-0.25, -0.2) is 4.68 Å². The molecule has 1 amide bonds. The Morgan fingerprint density at radius 3 is 2.78 bits per heavy atom. The van der Waals surface area contributed by atoms with Crippen LogP contribution in [-0.2, 0) is 24.2 Å². The van der Waals surface area contributed by atoms with Crippen LogP contribution in [0.2, 0.25) is 0 Å². The molecule has 0 saturated heterocycles. The van der Waals surface area contributed by atoms with Crippen molar-refractivity contribution >= 4 is 5.91 Å². The summed E-state index contributed by atoms with van der Waals surface area (Å²) in [5.41, 5.74) is 2.83. The maximum Gasteiger partial charge on any atom is 0.267 e. The first kappa shape index (κ1) is 15.5. The molecule has 3 rings (SSSR count). The van der Waals surface area contributed by atoms with Crippen LogP contribution in [0.1, 0.15) is 42.6 Å². The minimum atomic E-state index is -0.202. The van der Waals surface area contributed by atoms with Crippen LogP contribution in [0.15, 0.2) is 41.2 Å². The molecule has 0 bridgehead atoms. The van der Waals surface area contributed by atoms with Gasteiger partial charge in [-0.1, -0.05) is 30.3 Å². The summed E-state index contributed by atoms with van der Waals surface area (Å²) in [5.74, 6) is -0.202. The maximum atomic E-state index is 12.2. The van der Waals surface area contributed by atoms with Crippen molar-refractivity contribution in [2.45, 2.75) is 45.2 Å². The van der Waals surface area contributed by atoms with Gasteiger partial charge in [-0.15, -0.1) is 0 Å². The minimum Gasteiger partial charge on any atom is -0.348 e. The molecule has 5 nitrogen and oxygen atoms in total. The van der Waals surface area contributed by atoms with Crippen molar-refractivity contribution in [2.24, 2.45) is 0 Å². The molecule has 1 heterocycles. The lowest BCUT2D eigenvalue weighted by atomic mass is 9.97. The lowest BCUT2D eigenvalue weighted by Gasteiger charge is -2.17. The average Bonchev–Trinajstić information content (AvgIpc) is 2.56. The first-order valence-electron chi connectivity index (χ1n) is 8.08. The van der Waals surface area contributed by atoms with Gasteiger partial charge in [0.25, 0.3) is 5.56 Å². The number of hydrogen-bond donors (Lipinski definition) is 1. The predicted octanol–water partition coefficient (Wildman–Crippen LogP) is 2.00. The highest BCUT2D eigenvalue weighted by Crippen LogP contribution is 2.17. The highest BCUT2D eigenvalue weighted by atomic mass is 16.2. The summed E-state index contributed by atoms with van der Waals surface area (Å²) in [7, 11) is 0. The van der Waals surface area contributed by atoms with E-state index in [0.29, 0.717) is 0 Å². The van der Waals surface area contributed by atoms with Crippen molar-refractivity contribution in [1.29, 1.82) is 0 Å². The van der Waals surface area contributed by atoms with Gasteiger partial charge in [-0.2, -0.15) is 5.10 Å². The van der Waals surface area contributed by atoms with E-state index in [4.69, 9.17) is 0 Å². The number of carbonyl (C=O) groups excluding carboxylic acids is 1. The first-order valence-corrected chi connectivity index (χ1v) is 8.08. The number of hydrogen-bond acceptors (Lipinski definition) is 3. The molecule has 1 N–H and O–H groups in total. The Morgan fingerprint density at radius 1 is 1.26 bits per heavy atom. The van der Waals surface area contributed by atoms with E-state index in [-0.39, 0.29) is 24.1 Å². The number of rotatable bonds is 4. The quantitative estimate of drug-likeness (QED) is 0.939. The zero-order valence-corrected chi connectivity index (χ0v) is 13.3.